The second-order valence-corrected chi connectivity index (χ2v) is 7.76. The first-order valence-electron chi connectivity index (χ1n) is 9.19. The number of carbonyl (C=O) groups excluding carboxylic acids is 2. The first kappa shape index (κ1) is 22.5. The summed E-state index contributed by atoms with van der Waals surface area (Å²) in [5.74, 6) is 0.631. The number of halogens is 1. The molecule has 0 heterocycles. The van der Waals surface area contributed by atoms with Crippen LogP contribution in [0.4, 0.5) is 5.69 Å². The number of benzene rings is 2. The maximum Gasteiger partial charge on any atom is 0.255 e. The Morgan fingerprint density at radius 2 is 1.97 bits per heavy atom. The lowest BCUT2D eigenvalue weighted by molar-refractivity contribution is -0.119. The Labute approximate surface area is 179 Å². The van der Waals surface area contributed by atoms with E-state index in [2.05, 4.69) is 40.4 Å². The van der Waals surface area contributed by atoms with E-state index in [1.54, 1.807) is 6.07 Å². The molecule has 0 radical (unpaired) electrons. The zero-order valence-corrected chi connectivity index (χ0v) is 18.3. The summed E-state index contributed by atoms with van der Waals surface area (Å²) >= 11 is 3.44. The number of rotatable bonds is 10. The normalized spacial score (nSPS) is 10.5. The highest BCUT2D eigenvalue weighted by molar-refractivity contribution is 9.10. The number of hydrogen-bond donors (Lipinski definition) is 3. The molecule has 0 saturated heterocycles. The van der Waals surface area contributed by atoms with Crippen LogP contribution >= 0.6 is 15.9 Å². The van der Waals surface area contributed by atoms with Gasteiger partial charge in [-0.2, -0.15) is 0 Å². The van der Waals surface area contributed by atoms with Crippen LogP contribution in [0.3, 0.4) is 0 Å². The number of hydrogen-bond acceptors (Lipinski definition) is 5. The van der Waals surface area contributed by atoms with Gasteiger partial charge in [0.2, 0.25) is 0 Å². The summed E-state index contributed by atoms with van der Waals surface area (Å²) in [6.45, 7) is 5.00. The molecular formula is C21H26BrN3O4. The van der Waals surface area contributed by atoms with E-state index in [0.717, 1.165) is 11.3 Å². The van der Waals surface area contributed by atoms with E-state index in [1.807, 2.05) is 30.3 Å². The third-order valence-electron chi connectivity index (χ3n) is 3.94. The first-order chi connectivity index (χ1) is 13.8. The number of carbonyl (C=O) groups is 2. The smallest absolute Gasteiger partial charge is 0.255 e. The molecule has 0 aliphatic rings. The SMILES string of the molecule is COc1cc(CNc2cccc(C(=O)NCC(C)C)c2)cc(Br)c1OCC(N)=O. The highest BCUT2D eigenvalue weighted by Crippen LogP contribution is 2.36. The average Bonchev–Trinajstić information content (AvgIpc) is 2.69. The van der Waals surface area contributed by atoms with Crippen LogP contribution in [0.25, 0.3) is 0 Å². The molecule has 0 aromatic heterocycles. The zero-order valence-electron chi connectivity index (χ0n) is 16.8. The fraction of sp³-hybridized carbons (Fsp3) is 0.333. The molecular weight excluding hydrogens is 438 g/mol. The first-order valence-corrected chi connectivity index (χ1v) is 9.99. The van der Waals surface area contributed by atoms with Crippen molar-refractivity contribution in [1.29, 1.82) is 0 Å². The molecule has 4 N–H and O–H groups in total. The van der Waals surface area contributed by atoms with Crippen molar-refractivity contribution in [3.05, 3.63) is 52.0 Å². The number of primary amides is 1. The maximum atomic E-state index is 12.2. The molecule has 0 aliphatic carbocycles. The Hall–Kier alpha value is -2.74. The van der Waals surface area contributed by atoms with Gasteiger partial charge in [0.15, 0.2) is 18.1 Å². The van der Waals surface area contributed by atoms with Crippen LogP contribution in [0.15, 0.2) is 40.9 Å². The molecule has 29 heavy (non-hydrogen) atoms. The molecule has 0 spiro atoms. The summed E-state index contributed by atoms with van der Waals surface area (Å²) in [4.78, 5) is 23.2. The van der Waals surface area contributed by atoms with E-state index >= 15 is 0 Å². The topological polar surface area (TPSA) is 103 Å². The molecule has 0 fully saturated rings. The predicted octanol–water partition coefficient (Wildman–Crippen LogP) is 3.32. The van der Waals surface area contributed by atoms with E-state index in [4.69, 9.17) is 15.2 Å². The van der Waals surface area contributed by atoms with Gasteiger partial charge < -0.3 is 25.8 Å². The summed E-state index contributed by atoms with van der Waals surface area (Å²) in [5.41, 5.74) is 7.48. The molecule has 0 unspecified atom stereocenters. The van der Waals surface area contributed by atoms with Crippen LogP contribution in [0, 0.1) is 5.92 Å². The van der Waals surface area contributed by atoms with E-state index in [-0.39, 0.29) is 12.5 Å². The summed E-state index contributed by atoms with van der Waals surface area (Å²) < 4.78 is 11.4. The summed E-state index contributed by atoms with van der Waals surface area (Å²) in [7, 11) is 1.52. The van der Waals surface area contributed by atoms with Gasteiger partial charge in [-0.3, -0.25) is 9.59 Å². The quantitative estimate of drug-likeness (QED) is 0.501. The Bertz CT molecular complexity index is 871. The van der Waals surface area contributed by atoms with Gasteiger partial charge in [-0.15, -0.1) is 0 Å². The molecule has 2 amide bonds. The summed E-state index contributed by atoms with van der Waals surface area (Å²) in [5, 5.41) is 6.21. The summed E-state index contributed by atoms with van der Waals surface area (Å²) in [6, 6.07) is 11.0. The number of methoxy groups -OCH3 is 1. The number of nitrogens with one attached hydrogen (secondary N) is 2. The number of ether oxygens (including phenoxy) is 2. The molecule has 0 aliphatic heterocycles. The van der Waals surface area contributed by atoms with Crippen LogP contribution in [0.1, 0.15) is 29.8 Å². The molecule has 2 aromatic rings. The third kappa shape index (κ3) is 6.98. The Morgan fingerprint density at radius 3 is 2.62 bits per heavy atom. The van der Waals surface area contributed by atoms with Crippen molar-refractivity contribution >= 4 is 33.4 Å². The van der Waals surface area contributed by atoms with Gasteiger partial charge in [-0.1, -0.05) is 19.9 Å². The maximum absolute atomic E-state index is 12.2. The fourth-order valence-electron chi connectivity index (χ4n) is 2.53. The van der Waals surface area contributed by atoms with E-state index in [9.17, 15) is 9.59 Å². The van der Waals surface area contributed by atoms with Gasteiger partial charge in [0.25, 0.3) is 11.8 Å². The number of anilines is 1. The minimum Gasteiger partial charge on any atom is -0.493 e. The third-order valence-corrected chi connectivity index (χ3v) is 4.53. The van der Waals surface area contributed by atoms with Crippen LogP contribution in [0.5, 0.6) is 11.5 Å². The second kappa shape index (κ2) is 10.7. The lowest BCUT2D eigenvalue weighted by Gasteiger charge is -2.14. The predicted molar refractivity (Wildman–Crippen MR) is 116 cm³/mol. The molecule has 2 aromatic carbocycles. The van der Waals surface area contributed by atoms with Crippen molar-refractivity contribution in [2.75, 3.05) is 25.6 Å². The molecule has 0 bridgehead atoms. The van der Waals surface area contributed by atoms with E-state index in [1.165, 1.54) is 7.11 Å². The lowest BCUT2D eigenvalue weighted by atomic mass is 10.1. The molecule has 0 saturated carbocycles. The Kier molecular flexibility index (Phi) is 8.33. The molecule has 0 atom stereocenters. The summed E-state index contributed by atoms with van der Waals surface area (Å²) in [6.07, 6.45) is 0. The van der Waals surface area contributed by atoms with Gasteiger partial charge >= 0.3 is 0 Å². The average molecular weight is 464 g/mol. The molecule has 8 heteroatoms. The fourth-order valence-corrected chi connectivity index (χ4v) is 3.14. The Balaban J connectivity index is 2.07. The van der Waals surface area contributed by atoms with E-state index in [0.29, 0.717) is 40.5 Å². The number of nitrogens with two attached hydrogens (primary N) is 1. The second-order valence-electron chi connectivity index (χ2n) is 6.90. The minimum atomic E-state index is -0.568. The van der Waals surface area contributed by atoms with Crippen LogP contribution in [0.2, 0.25) is 0 Å². The lowest BCUT2D eigenvalue weighted by Crippen LogP contribution is -2.27. The zero-order chi connectivity index (χ0) is 21.4. The van der Waals surface area contributed by atoms with Crippen molar-refractivity contribution < 1.29 is 19.1 Å². The van der Waals surface area contributed by atoms with Crippen LogP contribution in [-0.2, 0) is 11.3 Å². The van der Waals surface area contributed by atoms with Crippen molar-refractivity contribution in [3.8, 4) is 11.5 Å². The molecule has 2 rings (SSSR count). The molecule has 156 valence electrons. The highest BCUT2D eigenvalue weighted by atomic mass is 79.9. The number of amides is 2. The van der Waals surface area contributed by atoms with Crippen LogP contribution < -0.4 is 25.8 Å². The van der Waals surface area contributed by atoms with Crippen molar-refractivity contribution in [1.82, 2.24) is 5.32 Å². The Morgan fingerprint density at radius 1 is 1.21 bits per heavy atom. The van der Waals surface area contributed by atoms with Crippen molar-refractivity contribution in [2.24, 2.45) is 11.7 Å². The van der Waals surface area contributed by atoms with Crippen molar-refractivity contribution in [2.45, 2.75) is 20.4 Å². The van der Waals surface area contributed by atoms with Gasteiger partial charge in [0.1, 0.15) is 0 Å². The molecule has 7 nitrogen and oxygen atoms in total. The van der Waals surface area contributed by atoms with Gasteiger partial charge in [0.05, 0.1) is 11.6 Å². The standard InChI is InChI=1S/C21H26BrN3O4/c1-13(2)10-25-21(27)15-5-4-6-16(9-15)24-11-14-7-17(22)20(18(8-14)28-3)29-12-19(23)26/h4-9,13,24H,10-12H2,1-3H3,(H2,23,26)(H,25,27). The van der Waals surface area contributed by atoms with Gasteiger partial charge in [0, 0.05) is 24.3 Å². The monoisotopic (exact) mass is 463 g/mol. The largest absolute Gasteiger partial charge is 0.493 e. The minimum absolute atomic E-state index is 0.0947. The van der Waals surface area contributed by atoms with Crippen LogP contribution in [-0.4, -0.2) is 32.1 Å². The highest BCUT2D eigenvalue weighted by Gasteiger charge is 2.13. The van der Waals surface area contributed by atoms with Gasteiger partial charge in [-0.25, -0.2) is 0 Å². The van der Waals surface area contributed by atoms with Crippen molar-refractivity contribution in [3.63, 3.8) is 0 Å². The van der Waals surface area contributed by atoms with Gasteiger partial charge in [-0.05, 0) is 57.7 Å². The van der Waals surface area contributed by atoms with E-state index < -0.39 is 5.91 Å².